The molecule has 0 unspecified atom stereocenters. The van der Waals surface area contributed by atoms with E-state index in [1.807, 2.05) is 43.1 Å². The number of anilines is 1. The second kappa shape index (κ2) is 5.85. The number of para-hydroxylation sites is 1. The fourth-order valence-corrected chi connectivity index (χ4v) is 3.69. The summed E-state index contributed by atoms with van der Waals surface area (Å²) in [5, 5.41) is 15.0. The van der Waals surface area contributed by atoms with E-state index >= 15 is 0 Å². The third-order valence-electron chi connectivity index (χ3n) is 5.02. The van der Waals surface area contributed by atoms with Crippen LogP contribution >= 0.6 is 0 Å². The molecular formula is C19H18N6O. The Bertz CT molecular complexity index is 1090. The number of pyridine rings is 1. The van der Waals surface area contributed by atoms with E-state index in [0.717, 1.165) is 27.7 Å². The van der Waals surface area contributed by atoms with Gasteiger partial charge in [0.05, 0.1) is 11.1 Å². The van der Waals surface area contributed by atoms with Crippen molar-refractivity contribution in [3.63, 3.8) is 0 Å². The minimum absolute atomic E-state index is 0.295. The second-order valence-corrected chi connectivity index (χ2v) is 6.50. The highest BCUT2D eigenvalue weighted by Gasteiger charge is 2.28. The first kappa shape index (κ1) is 16.1. The highest BCUT2D eigenvalue weighted by molar-refractivity contribution is 5.93. The van der Waals surface area contributed by atoms with Crippen LogP contribution in [-0.2, 0) is 20.0 Å². The van der Waals surface area contributed by atoms with Crippen molar-refractivity contribution >= 4 is 22.6 Å². The Hall–Kier alpha value is -3.40. The molecule has 0 bridgehead atoms. The molecule has 4 rings (SSSR count). The molecule has 0 aliphatic carbocycles. The van der Waals surface area contributed by atoms with Crippen molar-refractivity contribution in [1.82, 2.24) is 14.8 Å². The average Bonchev–Trinajstić information content (AvgIpc) is 2.98. The summed E-state index contributed by atoms with van der Waals surface area (Å²) in [6, 6.07) is 10.1. The van der Waals surface area contributed by atoms with Crippen LogP contribution < -0.4 is 10.6 Å². The average molecular weight is 346 g/mol. The Kier molecular flexibility index (Phi) is 3.62. The summed E-state index contributed by atoms with van der Waals surface area (Å²) in [6.07, 6.45) is 0.713. The smallest absolute Gasteiger partial charge is 0.269 e. The van der Waals surface area contributed by atoms with E-state index in [2.05, 4.69) is 11.2 Å². The first-order valence-electron chi connectivity index (χ1n) is 8.40. The lowest BCUT2D eigenvalue weighted by Crippen LogP contribution is -2.33. The molecule has 7 nitrogen and oxygen atoms in total. The van der Waals surface area contributed by atoms with E-state index in [4.69, 9.17) is 10.7 Å². The van der Waals surface area contributed by atoms with Gasteiger partial charge in [-0.15, -0.1) is 0 Å². The number of carbonyl (C=O) groups excluding carboxylic acids is 1. The number of nitrogens with two attached hydrogens (primary N) is 1. The maximum Gasteiger partial charge on any atom is 0.269 e. The number of nitriles is 1. The summed E-state index contributed by atoms with van der Waals surface area (Å²) < 4.78 is 1.72. The van der Waals surface area contributed by atoms with Gasteiger partial charge in [-0.05, 0) is 18.6 Å². The quantitative estimate of drug-likeness (QED) is 0.762. The molecule has 0 fully saturated rings. The summed E-state index contributed by atoms with van der Waals surface area (Å²) in [7, 11) is 1.82. The topological polar surface area (TPSA) is 101 Å². The number of primary amides is 1. The number of amides is 1. The van der Waals surface area contributed by atoms with Gasteiger partial charge < -0.3 is 10.6 Å². The van der Waals surface area contributed by atoms with E-state index in [1.165, 1.54) is 0 Å². The largest absolute Gasteiger partial charge is 0.364 e. The Morgan fingerprint density at radius 1 is 1.35 bits per heavy atom. The summed E-state index contributed by atoms with van der Waals surface area (Å²) in [6.45, 7) is 3.10. The van der Waals surface area contributed by atoms with E-state index in [1.54, 1.807) is 4.68 Å². The molecule has 0 spiro atoms. The molecule has 0 saturated heterocycles. The number of fused-ring (bicyclic) bond motifs is 2. The van der Waals surface area contributed by atoms with Crippen LogP contribution in [0.3, 0.4) is 0 Å². The number of aromatic nitrogens is 3. The Morgan fingerprint density at radius 2 is 2.12 bits per heavy atom. The van der Waals surface area contributed by atoms with Crippen LogP contribution in [0.15, 0.2) is 24.3 Å². The molecule has 0 radical (unpaired) electrons. The van der Waals surface area contributed by atoms with Crippen LogP contribution in [0.25, 0.3) is 10.9 Å². The predicted octanol–water partition coefficient (Wildman–Crippen LogP) is 1.81. The predicted molar refractivity (Wildman–Crippen MR) is 97.7 cm³/mol. The van der Waals surface area contributed by atoms with Crippen LogP contribution in [0.2, 0.25) is 0 Å². The number of benzene rings is 1. The van der Waals surface area contributed by atoms with Crippen LogP contribution in [0.1, 0.15) is 32.9 Å². The first-order chi connectivity index (χ1) is 12.5. The molecule has 1 aliphatic heterocycles. The molecule has 130 valence electrons. The van der Waals surface area contributed by atoms with Crippen molar-refractivity contribution in [2.75, 3.05) is 11.4 Å². The molecule has 26 heavy (non-hydrogen) atoms. The second-order valence-electron chi connectivity index (χ2n) is 6.50. The zero-order chi connectivity index (χ0) is 18.4. The standard InChI is InChI=1S/C19H18N6O/c1-11-12-5-3-4-6-15(12)22-19(13(11)9-20)25-8-7-16-14(10-25)17(18(21)26)23-24(16)2/h3-6H,7-8,10H2,1-2H3,(H2,21,26). The first-order valence-corrected chi connectivity index (χ1v) is 8.40. The van der Waals surface area contributed by atoms with Crippen molar-refractivity contribution in [3.8, 4) is 6.07 Å². The number of hydrogen-bond donors (Lipinski definition) is 1. The van der Waals surface area contributed by atoms with Crippen molar-refractivity contribution in [2.45, 2.75) is 19.9 Å². The minimum atomic E-state index is -0.535. The Balaban J connectivity index is 1.85. The molecule has 0 saturated carbocycles. The van der Waals surface area contributed by atoms with Gasteiger partial charge >= 0.3 is 0 Å². The van der Waals surface area contributed by atoms with Gasteiger partial charge in [-0.3, -0.25) is 9.48 Å². The van der Waals surface area contributed by atoms with Crippen LogP contribution in [0, 0.1) is 18.3 Å². The van der Waals surface area contributed by atoms with Crippen molar-refractivity contribution in [2.24, 2.45) is 12.8 Å². The van der Waals surface area contributed by atoms with Gasteiger partial charge in [0.2, 0.25) is 0 Å². The highest BCUT2D eigenvalue weighted by Crippen LogP contribution is 2.31. The number of aryl methyl sites for hydroxylation is 2. The number of hydrogen-bond acceptors (Lipinski definition) is 5. The molecular weight excluding hydrogens is 328 g/mol. The zero-order valence-electron chi connectivity index (χ0n) is 14.7. The summed E-state index contributed by atoms with van der Waals surface area (Å²) in [4.78, 5) is 18.5. The van der Waals surface area contributed by atoms with Crippen LogP contribution in [0.4, 0.5) is 5.82 Å². The third-order valence-corrected chi connectivity index (χ3v) is 5.02. The lowest BCUT2D eigenvalue weighted by atomic mass is 10.0. The van der Waals surface area contributed by atoms with Gasteiger partial charge in [-0.2, -0.15) is 10.4 Å². The van der Waals surface area contributed by atoms with Crippen molar-refractivity contribution in [1.29, 1.82) is 5.26 Å². The minimum Gasteiger partial charge on any atom is -0.364 e. The normalized spacial score (nSPS) is 13.5. The van der Waals surface area contributed by atoms with Gasteiger partial charge in [0.1, 0.15) is 11.9 Å². The van der Waals surface area contributed by atoms with E-state index in [-0.39, 0.29) is 0 Å². The fraction of sp³-hybridized carbons (Fsp3) is 0.263. The lowest BCUT2D eigenvalue weighted by Gasteiger charge is -2.29. The van der Waals surface area contributed by atoms with E-state index < -0.39 is 5.91 Å². The molecule has 0 atom stereocenters. The summed E-state index contributed by atoms with van der Waals surface area (Å²) in [5.41, 5.74) is 9.95. The molecule has 1 aromatic carbocycles. The number of nitrogens with zero attached hydrogens (tertiary/aromatic N) is 5. The van der Waals surface area contributed by atoms with Gasteiger partial charge in [0, 0.05) is 43.2 Å². The molecule has 2 aromatic heterocycles. The Morgan fingerprint density at radius 3 is 2.85 bits per heavy atom. The van der Waals surface area contributed by atoms with Gasteiger partial charge in [-0.1, -0.05) is 18.2 Å². The molecule has 7 heteroatoms. The highest BCUT2D eigenvalue weighted by atomic mass is 16.1. The lowest BCUT2D eigenvalue weighted by molar-refractivity contribution is 0.0994. The summed E-state index contributed by atoms with van der Waals surface area (Å²) in [5.74, 6) is 0.112. The number of carbonyl (C=O) groups is 1. The van der Waals surface area contributed by atoms with E-state index in [0.29, 0.717) is 36.6 Å². The van der Waals surface area contributed by atoms with Crippen molar-refractivity contribution < 1.29 is 4.79 Å². The Labute approximate surface area is 150 Å². The molecule has 1 aliphatic rings. The molecule has 3 aromatic rings. The molecule has 2 N–H and O–H groups in total. The number of rotatable bonds is 2. The molecule has 1 amide bonds. The SMILES string of the molecule is Cc1c(C#N)c(N2CCc3c(c(C(N)=O)nn3C)C2)nc2ccccc12. The maximum atomic E-state index is 11.7. The maximum absolute atomic E-state index is 11.7. The monoisotopic (exact) mass is 346 g/mol. The fourth-order valence-electron chi connectivity index (χ4n) is 3.69. The van der Waals surface area contributed by atoms with Gasteiger partial charge in [0.15, 0.2) is 5.69 Å². The van der Waals surface area contributed by atoms with Gasteiger partial charge in [-0.25, -0.2) is 4.98 Å². The van der Waals surface area contributed by atoms with Crippen LogP contribution in [0.5, 0.6) is 0 Å². The van der Waals surface area contributed by atoms with Crippen LogP contribution in [-0.4, -0.2) is 27.2 Å². The van der Waals surface area contributed by atoms with Crippen molar-refractivity contribution in [3.05, 3.63) is 52.3 Å². The summed E-state index contributed by atoms with van der Waals surface area (Å²) >= 11 is 0. The zero-order valence-corrected chi connectivity index (χ0v) is 14.7. The van der Waals surface area contributed by atoms with Gasteiger partial charge in [0.25, 0.3) is 5.91 Å². The molecule has 3 heterocycles. The van der Waals surface area contributed by atoms with E-state index in [9.17, 15) is 10.1 Å². The third kappa shape index (κ3) is 2.30.